The number of aliphatic hydroxyl groups is 1. The summed E-state index contributed by atoms with van der Waals surface area (Å²) in [6, 6.07) is 1.11. The van der Waals surface area contributed by atoms with E-state index >= 15 is 0 Å². The molecular formula is C21H46O2Si. The second kappa shape index (κ2) is 17.9. The predicted molar refractivity (Wildman–Crippen MR) is 110 cm³/mol. The molecule has 0 saturated heterocycles. The van der Waals surface area contributed by atoms with Crippen LogP contribution in [0.3, 0.4) is 0 Å². The van der Waals surface area contributed by atoms with Crippen LogP contribution in [-0.2, 0) is 4.43 Å². The van der Waals surface area contributed by atoms with Gasteiger partial charge in [-0.15, -0.1) is 0 Å². The third-order valence-corrected chi connectivity index (χ3v) is 8.45. The molecule has 0 heterocycles. The van der Waals surface area contributed by atoms with E-state index in [1.165, 1.54) is 103 Å². The van der Waals surface area contributed by atoms with Crippen LogP contribution >= 0.6 is 0 Å². The summed E-state index contributed by atoms with van der Waals surface area (Å²) in [6.07, 6.45) is 22.8. The number of unbranched alkanes of at least 4 members (excludes halogenated alkanes) is 15. The maximum atomic E-state index is 9.35. The largest absolute Gasteiger partial charge is 0.418 e. The Kier molecular flexibility index (Phi) is 18.0. The molecule has 0 saturated carbocycles. The molecule has 146 valence electrons. The molecule has 1 atom stereocenters. The minimum atomic E-state index is -1.75. The lowest BCUT2D eigenvalue weighted by Crippen LogP contribution is -2.37. The Morgan fingerprint density at radius 2 is 0.958 bits per heavy atom. The highest BCUT2D eigenvalue weighted by molar-refractivity contribution is 6.72. The molecule has 24 heavy (non-hydrogen) atoms. The van der Waals surface area contributed by atoms with Gasteiger partial charge in [0.05, 0.1) is 6.23 Å². The Balaban J connectivity index is 3.13. The third kappa shape index (κ3) is 15.7. The zero-order valence-electron chi connectivity index (χ0n) is 17.1. The fraction of sp³-hybridized carbons (Fsp3) is 1.00. The van der Waals surface area contributed by atoms with Crippen molar-refractivity contribution in [1.29, 1.82) is 0 Å². The van der Waals surface area contributed by atoms with Gasteiger partial charge >= 0.3 is 0 Å². The molecule has 2 nitrogen and oxygen atoms in total. The van der Waals surface area contributed by atoms with Crippen LogP contribution in [0.1, 0.15) is 110 Å². The van der Waals surface area contributed by atoms with Crippen LogP contribution in [0.2, 0.25) is 12.6 Å². The average molecular weight is 359 g/mol. The standard InChI is InChI=1S/C21H46O2Si/c1-4-5-6-7-8-9-10-11-12-13-14-15-16-17-18-19-20-24(3,21-22)23-2/h22H,4-21H2,1-3H3. The minimum Gasteiger partial charge on any atom is -0.418 e. The summed E-state index contributed by atoms with van der Waals surface area (Å²) in [5.41, 5.74) is 0. The highest BCUT2D eigenvalue weighted by Gasteiger charge is 2.25. The van der Waals surface area contributed by atoms with E-state index in [0.29, 0.717) is 0 Å². The van der Waals surface area contributed by atoms with E-state index < -0.39 is 8.32 Å². The van der Waals surface area contributed by atoms with E-state index in [4.69, 9.17) is 4.43 Å². The Labute approximate surface area is 153 Å². The van der Waals surface area contributed by atoms with Gasteiger partial charge in [0.1, 0.15) is 0 Å². The zero-order valence-corrected chi connectivity index (χ0v) is 18.1. The second-order valence-electron chi connectivity index (χ2n) is 7.87. The highest BCUT2D eigenvalue weighted by atomic mass is 28.4. The van der Waals surface area contributed by atoms with Crippen LogP contribution in [0.4, 0.5) is 0 Å². The molecule has 0 aromatic carbocycles. The summed E-state index contributed by atoms with van der Waals surface area (Å²) in [7, 11) is 0.00993. The Hall–Kier alpha value is 0.137. The fourth-order valence-electron chi connectivity index (χ4n) is 3.29. The molecule has 0 spiro atoms. The molecule has 0 rings (SSSR count). The van der Waals surface area contributed by atoms with Crippen LogP contribution in [0.25, 0.3) is 0 Å². The summed E-state index contributed by atoms with van der Waals surface area (Å²) in [4.78, 5) is 0. The fourth-order valence-corrected chi connectivity index (χ4v) is 4.78. The van der Waals surface area contributed by atoms with Crippen molar-refractivity contribution in [3.8, 4) is 0 Å². The molecule has 0 aromatic rings. The van der Waals surface area contributed by atoms with Crippen LogP contribution in [0, 0.1) is 0 Å². The molecule has 0 fully saturated rings. The van der Waals surface area contributed by atoms with Gasteiger partial charge in [-0.25, -0.2) is 0 Å². The predicted octanol–water partition coefficient (Wildman–Crippen LogP) is 7.00. The molecule has 0 bridgehead atoms. The number of aliphatic hydroxyl groups excluding tert-OH is 1. The lowest BCUT2D eigenvalue weighted by atomic mass is 10.0. The first-order chi connectivity index (χ1) is 11.7. The van der Waals surface area contributed by atoms with Crippen molar-refractivity contribution < 1.29 is 9.53 Å². The van der Waals surface area contributed by atoms with Crippen LogP contribution in [0.5, 0.6) is 0 Å². The van der Waals surface area contributed by atoms with Crippen molar-refractivity contribution >= 4 is 8.32 Å². The Morgan fingerprint density at radius 1 is 0.625 bits per heavy atom. The monoisotopic (exact) mass is 358 g/mol. The molecule has 0 aliphatic rings. The lowest BCUT2D eigenvalue weighted by Gasteiger charge is -2.22. The number of hydrogen-bond acceptors (Lipinski definition) is 2. The molecule has 0 aliphatic carbocycles. The van der Waals surface area contributed by atoms with Gasteiger partial charge in [0.15, 0.2) is 0 Å². The van der Waals surface area contributed by atoms with Gasteiger partial charge in [0.2, 0.25) is 8.32 Å². The lowest BCUT2D eigenvalue weighted by molar-refractivity contribution is 0.299. The van der Waals surface area contributed by atoms with E-state index in [2.05, 4.69) is 13.5 Å². The summed E-state index contributed by atoms with van der Waals surface area (Å²) in [6.45, 7) is 4.42. The van der Waals surface area contributed by atoms with E-state index in [1.807, 2.05) is 0 Å². The molecule has 0 amide bonds. The molecule has 1 unspecified atom stereocenters. The van der Waals surface area contributed by atoms with Gasteiger partial charge < -0.3 is 9.53 Å². The van der Waals surface area contributed by atoms with Crippen molar-refractivity contribution in [2.24, 2.45) is 0 Å². The SMILES string of the molecule is CCCCCCCCCCCCCCCCCC[Si](C)(CO)OC. The van der Waals surface area contributed by atoms with Crippen LogP contribution in [-0.4, -0.2) is 26.8 Å². The quantitative estimate of drug-likeness (QED) is 0.199. The minimum absolute atomic E-state index is 0.266. The van der Waals surface area contributed by atoms with Gasteiger partial charge in [-0.3, -0.25) is 0 Å². The van der Waals surface area contributed by atoms with Crippen LogP contribution < -0.4 is 0 Å². The molecule has 1 N–H and O–H groups in total. The third-order valence-electron chi connectivity index (χ3n) is 5.39. The maximum Gasteiger partial charge on any atom is 0.214 e. The van der Waals surface area contributed by atoms with Gasteiger partial charge in [-0.05, 0) is 12.6 Å². The van der Waals surface area contributed by atoms with Crippen molar-refractivity contribution in [2.75, 3.05) is 13.3 Å². The topological polar surface area (TPSA) is 29.5 Å². The van der Waals surface area contributed by atoms with Crippen molar-refractivity contribution in [3.63, 3.8) is 0 Å². The van der Waals surface area contributed by atoms with Crippen molar-refractivity contribution in [3.05, 3.63) is 0 Å². The van der Waals surface area contributed by atoms with E-state index in [1.54, 1.807) is 7.11 Å². The smallest absolute Gasteiger partial charge is 0.214 e. The maximum absolute atomic E-state index is 9.35. The van der Waals surface area contributed by atoms with E-state index in [0.717, 1.165) is 6.04 Å². The van der Waals surface area contributed by atoms with Gasteiger partial charge in [-0.2, -0.15) is 0 Å². The zero-order chi connectivity index (χ0) is 17.9. The van der Waals surface area contributed by atoms with E-state index in [9.17, 15) is 5.11 Å². The molecule has 3 heteroatoms. The summed E-state index contributed by atoms with van der Waals surface area (Å²) in [5.74, 6) is 0. The van der Waals surface area contributed by atoms with Crippen molar-refractivity contribution in [1.82, 2.24) is 0 Å². The number of hydrogen-bond donors (Lipinski definition) is 1. The van der Waals surface area contributed by atoms with Crippen molar-refractivity contribution in [2.45, 2.75) is 122 Å². The molecule has 0 aromatic heterocycles. The summed E-state index contributed by atoms with van der Waals surface area (Å²) < 4.78 is 5.50. The first-order valence-electron chi connectivity index (χ1n) is 10.8. The summed E-state index contributed by atoms with van der Waals surface area (Å²) in [5, 5.41) is 9.35. The van der Waals surface area contributed by atoms with Gasteiger partial charge in [0, 0.05) is 7.11 Å². The van der Waals surface area contributed by atoms with E-state index in [-0.39, 0.29) is 6.23 Å². The average Bonchev–Trinajstić information content (AvgIpc) is 2.61. The normalized spacial score (nSPS) is 14.0. The Bertz CT molecular complexity index is 242. The molecular weight excluding hydrogens is 312 g/mol. The highest BCUT2D eigenvalue weighted by Crippen LogP contribution is 2.17. The second-order valence-corrected chi connectivity index (χ2v) is 12.0. The molecule has 0 aliphatic heterocycles. The summed E-state index contributed by atoms with van der Waals surface area (Å²) >= 11 is 0. The molecule has 0 radical (unpaired) electrons. The van der Waals surface area contributed by atoms with Gasteiger partial charge in [-0.1, -0.05) is 110 Å². The van der Waals surface area contributed by atoms with Gasteiger partial charge in [0.25, 0.3) is 0 Å². The van der Waals surface area contributed by atoms with Crippen LogP contribution in [0.15, 0.2) is 0 Å². The first kappa shape index (κ1) is 24.1. The first-order valence-corrected chi connectivity index (χ1v) is 13.7. The number of rotatable bonds is 19. The Morgan fingerprint density at radius 3 is 1.25 bits per heavy atom.